The van der Waals surface area contributed by atoms with Crippen LogP contribution in [-0.2, 0) is 19.4 Å². The van der Waals surface area contributed by atoms with E-state index in [1.165, 1.54) is 24.3 Å². The number of likely N-dealkylation sites (tertiary alicyclic amines) is 1. The van der Waals surface area contributed by atoms with Crippen LogP contribution in [0.25, 0.3) is 0 Å². The van der Waals surface area contributed by atoms with Crippen LogP contribution in [0.1, 0.15) is 55.7 Å². The zero-order valence-electron chi connectivity index (χ0n) is 22.3. The molecule has 2 aliphatic rings. The standard InChI is InChI=1S/C31H30Cl3NO5S/c1-31(17-28(36)37)16-26(21-3-2-4-24(34)15-21)29(20-7-9-22(32)10-8-20)35(30(31)38)27(19-5-6-19)18-41(39,40)25-13-11-23(33)12-14-25/h2-4,7-15,19,26-27,29H,5-6,16-18H2,1H3,(H,36,37). The summed E-state index contributed by atoms with van der Waals surface area (Å²) in [4.78, 5) is 28.4. The fraction of sp³-hybridized carbons (Fsp3) is 0.355. The van der Waals surface area contributed by atoms with Crippen molar-refractivity contribution in [1.82, 2.24) is 4.90 Å². The molecule has 4 unspecified atom stereocenters. The second-order valence-corrected chi connectivity index (χ2v) is 14.7. The van der Waals surface area contributed by atoms with Crippen molar-refractivity contribution in [3.05, 3.63) is 99.0 Å². The summed E-state index contributed by atoms with van der Waals surface area (Å²) in [6.07, 6.45) is 1.42. The highest BCUT2D eigenvalue weighted by molar-refractivity contribution is 7.91. The minimum absolute atomic E-state index is 0.0389. The van der Waals surface area contributed by atoms with Gasteiger partial charge in [0.2, 0.25) is 5.91 Å². The normalized spacial score (nSPS) is 23.8. The van der Waals surface area contributed by atoms with E-state index in [0.717, 1.165) is 24.0 Å². The molecule has 0 bridgehead atoms. The number of nitrogens with zero attached hydrogens (tertiary/aromatic N) is 1. The van der Waals surface area contributed by atoms with Gasteiger partial charge in [-0.2, -0.15) is 0 Å². The van der Waals surface area contributed by atoms with Gasteiger partial charge in [0, 0.05) is 27.0 Å². The fourth-order valence-electron chi connectivity index (χ4n) is 6.13. The van der Waals surface area contributed by atoms with E-state index >= 15 is 0 Å². The Morgan fingerprint density at radius 2 is 1.56 bits per heavy atom. The molecular formula is C31H30Cl3NO5S. The molecule has 1 N–H and O–H groups in total. The molecule has 3 aromatic carbocycles. The number of halogens is 3. The molecule has 0 radical (unpaired) electrons. The van der Waals surface area contributed by atoms with Gasteiger partial charge in [0.15, 0.2) is 9.84 Å². The van der Waals surface area contributed by atoms with Crippen molar-refractivity contribution in [2.75, 3.05) is 5.75 Å². The highest BCUT2D eigenvalue weighted by Gasteiger charge is 2.55. The summed E-state index contributed by atoms with van der Waals surface area (Å²) in [5.41, 5.74) is 0.375. The van der Waals surface area contributed by atoms with Crippen molar-refractivity contribution in [2.45, 2.75) is 55.5 Å². The lowest BCUT2D eigenvalue weighted by Crippen LogP contribution is -2.58. The van der Waals surface area contributed by atoms with Crippen LogP contribution >= 0.6 is 34.8 Å². The Kier molecular flexibility index (Phi) is 8.46. The number of amides is 1. The maximum Gasteiger partial charge on any atom is 0.304 e. The van der Waals surface area contributed by atoms with Gasteiger partial charge in [-0.1, -0.05) is 66.0 Å². The van der Waals surface area contributed by atoms with E-state index in [2.05, 4.69) is 0 Å². The smallest absolute Gasteiger partial charge is 0.304 e. The summed E-state index contributed by atoms with van der Waals surface area (Å²) in [6, 6.07) is 19.3. The number of hydrogen-bond donors (Lipinski definition) is 1. The molecule has 1 saturated heterocycles. The lowest BCUT2D eigenvalue weighted by Gasteiger charge is -2.52. The van der Waals surface area contributed by atoms with E-state index in [4.69, 9.17) is 34.8 Å². The van der Waals surface area contributed by atoms with Crippen LogP contribution in [-0.4, -0.2) is 42.1 Å². The van der Waals surface area contributed by atoms with E-state index in [1.54, 1.807) is 30.0 Å². The SMILES string of the molecule is CC1(CC(=O)O)CC(c2cccc(Cl)c2)C(c2ccc(Cl)cc2)N(C(CS(=O)(=O)c2ccc(Cl)cc2)C2CC2)C1=O. The van der Waals surface area contributed by atoms with Crippen LogP contribution in [0.5, 0.6) is 0 Å². The minimum Gasteiger partial charge on any atom is -0.481 e. The molecule has 5 rings (SSSR count). The molecule has 41 heavy (non-hydrogen) atoms. The zero-order chi connectivity index (χ0) is 29.5. The Hall–Kier alpha value is -2.58. The molecule has 216 valence electrons. The third kappa shape index (κ3) is 6.43. The molecule has 1 saturated carbocycles. The Morgan fingerprint density at radius 3 is 2.12 bits per heavy atom. The van der Waals surface area contributed by atoms with Crippen LogP contribution in [0.2, 0.25) is 15.1 Å². The summed E-state index contributed by atoms with van der Waals surface area (Å²) in [5.74, 6) is -2.13. The van der Waals surface area contributed by atoms with Gasteiger partial charge in [-0.3, -0.25) is 9.59 Å². The van der Waals surface area contributed by atoms with Crippen LogP contribution in [0.15, 0.2) is 77.7 Å². The van der Waals surface area contributed by atoms with Gasteiger partial charge in [0.1, 0.15) is 0 Å². The minimum atomic E-state index is -3.83. The summed E-state index contributed by atoms with van der Waals surface area (Å²) in [7, 11) is -3.83. The van der Waals surface area contributed by atoms with Gasteiger partial charge >= 0.3 is 5.97 Å². The topological polar surface area (TPSA) is 91.8 Å². The first kappa shape index (κ1) is 29.9. The first-order valence-corrected chi connectivity index (χ1v) is 16.2. The lowest BCUT2D eigenvalue weighted by atomic mass is 9.67. The van der Waals surface area contributed by atoms with Gasteiger partial charge < -0.3 is 10.0 Å². The molecule has 1 amide bonds. The Morgan fingerprint density at radius 1 is 0.951 bits per heavy atom. The number of aliphatic carboxylic acids is 1. The van der Waals surface area contributed by atoms with Crippen molar-refractivity contribution >= 4 is 56.5 Å². The summed E-state index contributed by atoms with van der Waals surface area (Å²) in [6.45, 7) is 1.67. The fourth-order valence-corrected chi connectivity index (χ4v) is 8.21. The number of carboxylic acids is 1. The second kappa shape index (κ2) is 11.6. The first-order valence-electron chi connectivity index (χ1n) is 13.4. The Labute approximate surface area is 255 Å². The number of sulfone groups is 1. The Bertz CT molecular complexity index is 1560. The Balaban J connectivity index is 1.68. The van der Waals surface area contributed by atoms with Crippen molar-refractivity contribution < 1.29 is 23.1 Å². The van der Waals surface area contributed by atoms with E-state index < -0.39 is 33.3 Å². The number of carboxylic acid groups (broad SMARTS) is 1. The molecule has 3 aromatic rings. The number of hydrogen-bond acceptors (Lipinski definition) is 4. The van der Waals surface area contributed by atoms with Crippen molar-refractivity contribution in [3.63, 3.8) is 0 Å². The molecule has 1 heterocycles. The molecule has 2 fully saturated rings. The van der Waals surface area contributed by atoms with Gasteiger partial charge in [-0.15, -0.1) is 0 Å². The monoisotopic (exact) mass is 633 g/mol. The molecular weight excluding hydrogens is 605 g/mol. The molecule has 1 aliphatic heterocycles. The summed E-state index contributed by atoms with van der Waals surface area (Å²) >= 11 is 18.6. The quantitative estimate of drug-likeness (QED) is 0.264. The second-order valence-electron chi connectivity index (χ2n) is 11.3. The van der Waals surface area contributed by atoms with Gasteiger partial charge in [0.05, 0.1) is 28.5 Å². The van der Waals surface area contributed by atoms with Crippen LogP contribution < -0.4 is 0 Å². The van der Waals surface area contributed by atoms with Gasteiger partial charge in [-0.25, -0.2) is 8.42 Å². The predicted octanol–water partition coefficient (Wildman–Crippen LogP) is 7.44. The number of rotatable bonds is 9. The number of benzene rings is 3. The number of piperidine rings is 1. The van der Waals surface area contributed by atoms with Gasteiger partial charge in [0.25, 0.3) is 0 Å². The van der Waals surface area contributed by atoms with Crippen LogP contribution in [0.3, 0.4) is 0 Å². The summed E-state index contributed by atoms with van der Waals surface area (Å²) < 4.78 is 27.5. The van der Waals surface area contributed by atoms with E-state index in [9.17, 15) is 23.1 Å². The summed E-state index contributed by atoms with van der Waals surface area (Å²) in [5, 5.41) is 11.3. The van der Waals surface area contributed by atoms with Crippen LogP contribution in [0, 0.1) is 11.3 Å². The number of carbonyl (C=O) groups is 2. The molecule has 4 atom stereocenters. The first-order chi connectivity index (χ1) is 19.4. The maximum atomic E-state index is 14.5. The molecule has 6 nitrogen and oxygen atoms in total. The van der Waals surface area contributed by atoms with Gasteiger partial charge in [-0.05, 0) is 84.8 Å². The van der Waals surface area contributed by atoms with Crippen LogP contribution in [0.4, 0.5) is 0 Å². The van der Waals surface area contributed by atoms with Crippen molar-refractivity contribution in [2.24, 2.45) is 11.3 Å². The maximum absolute atomic E-state index is 14.5. The van der Waals surface area contributed by atoms with Crippen molar-refractivity contribution in [1.29, 1.82) is 0 Å². The van der Waals surface area contributed by atoms with E-state index in [-0.39, 0.29) is 41.2 Å². The highest BCUT2D eigenvalue weighted by atomic mass is 35.5. The molecule has 0 aromatic heterocycles. The third-order valence-corrected chi connectivity index (χ3v) is 10.7. The lowest BCUT2D eigenvalue weighted by molar-refractivity contribution is -0.160. The largest absolute Gasteiger partial charge is 0.481 e. The van der Waals surface area contributed by atoms with E-state index in [1.807, 2.05) is 30.3 Å². The average Bonchev–Trinajstić information content (AvgIpc) is 3.75. The average molecular weight is 635 g/mol. The molecule has 0 spiro atoms. The molecule has 10 heteroatoms. The third-order valence-electron chi connectivity index (χ3n) is 8.22. The van der Waals surface area contributed by atoms with Crippen molar-refractivity contribution in [3.8, 4) is 0 Å². The van der Waals surface area contributed by atoms with E-state index in [0.29, 0.717) is 15.1 Å². The predicted molar refractivity (Wildman–Crippen MR) is 160 cm³/mol. The highest BCUT2D eigenvalue weighted by Crippen LogP contribution is 2.54. The molecule has 1 aliphatic carbocycles. The zero-order valence-corrected chi connectivity index (χ0v) is 25.4. The number of carbonyl (C=O) groups excluding carboxylic acids is 1.